The topological polar surface area (TPSA) is 106 Å². The van der Waals surface area contributed by atoms with Crippen LogP contribution in [0.4, 0.5) is 4.79 Å². The molecule has 0 aliphatic carbocycles. The van der Waals surface area contributed by atoms with E-state index in [1.54, 1.807) is 0 Å². The molecule has 3 aromatic carbocycles. The first-order valence-electron chi connectivity index (χ1n) is 13.0. The molecule has 3 aromatic rings. The first kappa shape index (κ1) is 29.4. The maximum atomic E-state index is 12.3. The number of rotatable bonds is 8. The van der Waals surface area contributed by atoms with Crippen LogP contribution in [-0.4, -0.2) is 67.9 Å². The average molecular weight is 584 g/mol. The molecule has 0 bridgehead atoms. The Morgan fingerprint density at radius 2 is 1.60 bits per heavy atom. The van der Waals surface area contributed by atoms with Gasteiger partial charge in [-0.05, 0) is 34.0 Å². The maximum absolute atomic E-state index is 12.3. The quantitative estimate of drug-likeness (QED) is 0.287. The molecule has 1 heterocycles. The van der Waals surface area contributed by atoms with Gasteiger partial charge in [0.05, 0.1) is 19.3 Å². The Bertz CT molecular complexity index is 1310. The SMILES string of the molecule is COC(=O)c1c(O)cc(Cl)cc1OC[C@H]1C[C@@H](O[Si](c2ccccc2)(c2ccccc2)C(C)(C)C)CN1C(=O)O. The number of phenolic OH excluding ortho intramolecular Hbond substituents is 1. The average Bonchev–Trinajstić information content (AvgIpc) is 3.33. The maximum Gasteiger partial charge on any atom is 0.407 e. The molecule has 10 heteroatoms. The molecule has 8 nitrogen and oxygen atoms in total. The summed E-state index contributed by atoms with van der Waals surface area (Å²) in [5.41, 5.74) is -0.174. The number of phenols is 1. The minimum atomic E-state index is -2.91. The molecule has 1 aliphatic rings. The number of carboxylic acid groups (broad SMARTS) is 1. The number of ether oxygens (including phenoxy) is 2. The number of amides is 1. The van der Waals surface area contributed by atoms with Crippen molar-refractivity contribution in [2.24, 2.45) is 0 Å². The summed E-state index contributed by atoms with van der Waals surface area (Å²) in [6.45, 7) is 6.60. The minimum Gasteiger partial charge on any atom is -0.507 e. The van der Waals surface area contributed by atoms with Crippen LogP contribution < -0.4 is 15.1 Å². The molecule has 0 spiro atoms. The number of hydrogen-bond acceptors (Lipinski definition) is 6. The van der Waals surface area contributed by atoms with Crippen molar-refractivity contribution in [1.29, 1.82) is 0 Å². The van der Waals surface area contributed by atoms with Gasteiger partial charge in [0.25, 0.3) is 8.32 Å². The molecule has 0 saturated carbocycles. The van der Waals surface area contributed by atoms with Crippen LogP contribution in [0.5, 0.6) is 11.5 Å². The van der Waals surface area contributed by atoms with E-state index >= 15 is 0 Å². The zero-order chi connectivity index (χ0) is 29.1. The highest BCUT2D eigenvalue weighted by molar-refractivity contribution is 6.99. The number of halogens is 1. The van der Waals surface area contributed by atoms with Gasteiger partial charge in [-0.3, -0.25) is 4.90 Å². The van der Waals surface area contributed by atoms with E-state index in [-0.39, 0.29) is 40.3 Å². The Hall–Kier alpha value is -3.53. The summed E-state index contributed by atoms with van der Waals surface area (Å²) >= 11 is 6.09. The van der Waals surface area contributed by atoms with Gasteiger partial charge in [-0.15, -0.1) is 0 Å². The van der Waals surface area contributed by atoms with Crippen molar-refractivity contribution >= 4 is 42.4 Å². The smallest absolute Gasteiger partial charge is 0.407 e. The van der Waals surface area contributed by atoms with Crippen molar-refractivity contribution in [3.63, 3.8) is 0 Å². The Morgan fingerprint density at radius 3 is 2.10 bits per heavy atom. The van der Waals surface area contributed by atoms with Gasteiger partial charge in [0.15, 0.2) is 0 Å². The molecule has 1 aliphatic heterocycles. The van der Waals surface area contributed by atoms with Gasteiger partial charge < -0.3 is 24.1 Å². The Kier molecular flexibility index (Phi) is 8.77. The van der Waals surface area contributed by atoms with Gasteiger partial charge >= 0.3 is 12.1 Å². The number of carbonyl (C=O) groups excluding carboxylic acids is 1. The van der Waals surface area contributed by atoms with Crippen molar-refractivity contribution in [2.75, 3.05) is 20.3 Å². The van der Waals surface area contributed by atoms with Crippen LogP contribution in [0, 0.1) is 0 Å². The second-order valence-corrected chi connectivity index (χ2v) is 15.5. The molecule has 40 heavy (non-hydrogen) atoms. The number of hydrogen-bond donors (Lipinski definition) is 2. The van der Waals surface area contributed by atoms with Crippen LogP contribution in [0.2, 0.25) is 10.1 Å². The molecule has 2 N–H and O–H groups in total. The molecule has 4 rings (SSSR count). The number of methoxy groups -OCH3 is 1. The molecule has 212 valence electrons. The lowest BCUT2D eigenvalue weighted by molar-refractivity contribution is 0.0589. The van der Waals surface area contributed by atoms with Crippen LogP contribution in [0.1, 0.15) is 37.6 Å². The van der Waals surface area contributed by atoms with Gasteiger partial charge in [0.2, 0.25) is 0 Å². The van der Waals surface area contributed by atoms with Crippen LogP contribution in [0.15, 0.2) is 72.8 Å². The third-order valence-electron chi connectivity index (χ3n) is 7.25. The van der Waals surface area contributed by atoms with Crippen molar-refractivity contribution in [1.82, 2.24) is 4.90 Å². The number of esters is 1. The predicted molar refractivity (Wildman–Crippen MR) is 156 cm³/mol. The van der Waals surface area contributed by atoms with Crippen molar-refractivity contribution in [3.05, 3.63) is 83.4 Å². The number of nitrogens with zero attached hydrogens (tertiary/aromatic N) is 1. The van der Waals surface area contributed by atoms with E-state index in [4.69, 9.17) is 25.5 Å². The molecule has 1 saturated heterocycles. The molecule has 1 fully saturated rings. The predicted octanol–water partition coefficient (Wildman–Crippen LogP) is 4.91. The number of likely N-dealkylation sites (tertiary alicyclic amines) is 1. The summed E-state index contributed by atoms with van der Waals surface area (Å²) in [5, 5.41) is 22.4. The monoisotopic (exact) mass is 583 g/mol. The Labute approximate surface area is 240 Å². The normalized spacial score (nSPS) is 17.5. The lowest BCUT2D eigenvalue weighted by atomic mass is 10.1. The minimum absolute atomic E-state index is 0.0125. The van der Waals surface area contributed by atoms with Gasteiger partial charge in [0, 0.05) is 11.6 Å². The zero-order valence-corrected chi connectivity index (χ0v) is 24.7. The Morgan fingerprint density at radius 1 is 1.02 bits per heavy atom. The lowest BCUT2D eigenvalue weighted by Gasteiger charge is -2.44. The van der Waals surface area contributed by atoms with Gasteiger partial charge in [-0.25, -0.2) is 9.59 Å². The zero-order valence-electron chi connectivity index (χ0n) is 23.0. The first-order chi connectivity index (χ1) is 19.0. The second-order valence-electron chi connectivity index (χ2n) is 10.8. The first-order valence-corrected chi connectivity index (χ1v) is 15.3. The number of aromatic hydroxyl groups is 1. The van der Waals surface area contributed by atoms with E-state index in [2.05, 4.69) is 45.0 Å². The van der Waals surface area contributed by atoms with E-state index in [9.17, 15) is 19.8 Å². The number of benzene rings is 3. The summed E-state index contributed by atoms with van der Waals surface area (Å²) < 4.78 is 17.8. The van der Waals surface area contributed by atoms with E-state index in [1.165, 1.54) is 24.1 Å². The van der Waals surface area contributed by atoms with Crippen molar-refractivity contribution in [3.8, 4) is 11.5 Å². The highest BCUT2D eigenvalue weighted by Crippen LogP contribution is 2.39. The van der Waals surface area contributed by atoms with Gasteiger partial charge in [-0.1, -0.05) is 93.0 Å². The molecular formula is C30H34ClNO7Si. The fraction of sp³-hybridized carbons (Fsp3) is 0.333. The van der Waals surface area contributed by atoms with Gasteiger partial charge in [0.1, 0.15) is 23.7 Å². The van der Waals surface area contributed by atoms with Crippen molar-refractivity contribution in [2.45, 2.75) is 44.4 Å². The fourth-order valence-corrected chi connectivity index (χ4v) is 10.4. The summed E-state index contributed by atoms with van der Waals surface area (Å²) in [6, 6.07) is 22.4. The summed E-state index contributed by atoms with van der Waals surface area (Å²) in [5.74, 6) is -1.17. The third kappa shape index (κ3) is 5.82. The van der Waals surface area contributed by atoms with Crippen molar-refractivity contribution < 1.29 is 33.7 Å². The Balaban J connectivity index is 1.66. The summed E-state index contributed by atoms with van der Waals surface area (Å²) in [4.78, 5) is 25.9. The van der Waals surface area contributed by atoms with Crippen LogP contribution >= 0.6 is 11.6 Å². The molecule has 2 atom stereocenters. The van der Waals surface area contributed by atoms with E-state index in [0.29, 0.717) is 6.42 Å². The van der Waals surface area contributed by atoms with Crippen LogP contribution in [-0.2, 0) is 9.16 Å². The van der Waals surface area contributed by atoms with E-state index in [0.717, 1.165) is 10.4 Å². The molecule has 0 unspecified atom stereocenters. The molecule has 0 aromatic heterocycles. The highest BCUT2D eigenvalue weighted by Gasteiger charge is 2.53. The van der Waals surface area contributed by atoms with Gasteiger partial charge in [-0.2, -0.15) is 0 Å². The molecule has 1 amide bonds. The highest BCUT2D eigenvalue weighted by atomic mass is 35.5. The van der Waals surface area contributed by atoms with Crippen LogP contribution in [0.3, 0.4) is 0 Å². The van der Waals surface area contributed by atoms with E-state index in [1.807, 2.05) is 36.4 Å². The molecule has 0 radical (unpaired) electrons. The fourth-order valence-electron chi connectivity index (χ4n) is 5.47. The molecular weight excluding hydrogens is 550 g/mol. The third-order valence-corrected chi connectivity index (χ3v) is 12.6. The summed E-state index contributed by atoms with van der Waals surface area (Å²) in [6.07, 6.45) is -1.11. The lowest BCUT2D eigenvalue weighted by Crippen LogP contribution is -2.67. The van der Waals surface area contributed by atoms with E-state index < -0.39 is 32.5 Å². The standard InChI is InChI=1S/C30H34ClNO7Si/c1-30(2,3)40(23-11-7-5-8-12-23,24-13-9-6-10-14-24)39-22-17-21(32(18-22)29(35)36)19-38-26-16-20(31)15-25(33)27(26)28(34)37-4/h5-16,21-22,33H,17-19H2,1-4H3,(H,35,36)/t21-,22-/m1/s1. The number of carbonyl (C=O) groups is 2. The largest absolute Gasteiger partial charge is 0.507 e. The second kappa shape index (κ2) is 11.9. The van der Waals surface area contributed by atoms with Crippen LogP contribution in [0.25, 0.3) is 0 Å². The summed E-state index contributed by atoms with van der Waals surface area (Å²) in [7, 11) is -1.72.